The first kappa shape index (κ1) is 14.1. The molecule has 0 spiro atoms. The molecule has 0 unspecified atom stereocenters. The summed E-state index contributed by atoms with van der Waals surface area (Å²) in [5.74, 6) is 0.712. The van der Waals surface area contributed by atoms with Crippen LogP contribution in [0.5, 0.6) is 0 Å². The molecule has 0 nitrogen and oxygen atoms in total. The molecule has 0 heteroatoms. The average molecular weight is 254 g/mol. The van der Waals surface area contributed by atoms with Gasteiger partial charge < -0.3 is 0 Å². The summed E-state index contributed by atoms with van der Waals surface area (Å²) in [6, 6.07) is 9.12. The van der Waals surface area contributed by atoms with Gasteiger partial charge in [-0.2, -0.15) is 0 Å². The van der Waals surface area contributed by atoms with Gasteiger partial charge in [0.1, 0.15) is 0 Å². The standard InChI is InChI=1S/C19H26/c1-3-5-6-14-19(17-11-7-8-12-17)18-13-9-10-16(4-2)15-18/h7-10,13-15,17H,3-6,11-12H2,1-2H3. The fourth-order valence-electron chi connectivity index (χ4n) is 2.82. The molecule has 0 aliphatic heterocycles. The zero-order valence-corrected chi connectivity index (χ0v) is 12.4. The Kier molecular flexibility index (Phi) is 5.44. The van der Waals surface area contributed by atoms with E-state index in [9.17, 15) is 0 Å². The number of hydrogen-bond donors (Lipinski definition) is 0. The van der Waals surface area contributed by atoms with Crippen molar-refractivity contribution < 1.29 is 0 Å². The highest BCUT2D eigenvalue weighted by atomic mass is 14.2. The maximum absolute atomic E-state index is 2.50. The van der Waals surface area contributed by atoms with Gasteiger partial charge in [0.05, 0.1) is 0 Å². The summed E-state index contributed by atoms with van der Waals surface area (Å²) in [6.45, 7) is 4.50. The Balaban J connectivity index is 2.22. The lowest BCUT2D eigenvalue weighted by Gasteiger charge is -2.16. The molecule has 0 radical (unpaired) electrons. The zero-order valence-electron chi connectivity index (χ0n) is 12.4. The van der Waals surface area contributed by atoms with Gasteiger partial charge in [0.25, 0.3) is 0 Å². The maximum Gasteiger partial charge on any atom is -0.00901 e. The van der Waals surface area contributed by atoms with Gasteiger partial charge in [-0.25, -0.2) is 0 Å². The number of rotatable bonds is 6. The molecule has 1 aromatic carbocycles. The molecule has 0 heterocycles. The lowest BCUT2D eigenvalue weighted by molar-refractivity contribution is 0.729. The highest BCUT2D eigenvalue weighted by molar-refractivity contribution is 5.68. The number of benzene rings is 1. The van der Waals surface area contributed by atoms with Crippen molar-refractivity contribution in [3.63, 3.8) is 0 Å². The second-order valence-electron chi connectivity index (χ2n) is 5.50. The van der Waals surface area contributed by atoms with Crippen LogP contribution in [0.1, 0.15) is 57.1 Å². The summed E-state index contributed by atoms with van der Waals surface area (Å²) in [7, 11) is 0. The SMILES string of the molecule is CCCCC=C(c1cccc(CC)c1)C1CC=CC1. The lowest BCUT2D eigenvalue weighted by Crippen LogP contribution is -2.00. The molecule has 1 aliphatic rings. The highest BCUT2D eigenvalue weighted by Crippen LogP contribution is 2.34. The Bertz CT molecular complexity index is 443. The molecule has 0 fully saturated rings. The van der Waals surface area contributed by atoms with Gasteiger partial charge in [0.15, 0.2) is 0 Å². The minimum Gasteiger partial charge on any atom is -0.0879 e. The summed E-state index contributed by atoms with van der Waals surface area (Å²) < 4.78 is 0. The molecule has 1 aromatic rings. The second kappa shape index (κ2) is 7.33. The van der Waals surface area contributed by atoms with Crippen molar-refractivity contribution in [1.29, 1.82) is 0 Å². The van der Waals surface area contributed by atoms with Crippen molar-refractivity contribution in [3.05, 3.63) is 53.6 Å². The first-order valence-corrected chi connectivity index (χ1v) is 7.79. The summed E-state index contributed by atoms with van der Waals surface area (Å²) in [6.07, 6.45) is 14.5. The highest BCUT2D eigenvalue weighted by Gasteiger charge is 2.16. The molecule has 102 valence electrons. The van der Waals surface area contributed by atoms with Crippen molar-refractivity contribution in [2.45, 2.75) is 52.4 Å². The molecule has 1 aliphatic carbocycles. The van der Waals surface area contributed by atoms with Crippen LogP contribution in [0.15, 0.2) is 42.5 Å². The molecule has 19 heavy (non-hydrogen) atoms. The summed E-state index contributed by atoms with van der Waals surface area (Å²) in [5.41, 5.74) is 4.47. The minimum absolute atomic E-state index is 0.712. The van der Waals surface area contributed by atoms with Crippen LogP contribution in [0.25, 0.3) is 5.57 Å². The summed E-state index contributed by atoms with van der Waals surface area (Å²) >= 11 is 0. The van der Waals surface area contributed by atoms with Gasteiger partial charge in [-0.15, -0.1) is 0 Å². The van der Waals surface area contributed by atoms with E-state index in [4.69, 9.17) is 0 Å². The normalized spacial score (nSPS) is 16.2. The van der Waals surface area contributed by atoms with Crippen molar-refractivity contribution >= 4 is 5.57 Å². The molecule has 2 rings (SSSR count). The van der Waals surface area contributed by atoms with Gasteiger partial charge in [-0.05, 0) is 48.3 Å². The number of aryl methyl sites for hydroxylation is 1. The van der Waals surface area contributed by atoms with E-state index in [0.29, 0.717) is 5.92 Å². The van der Waals surface area contributed by atoms with E-state index >= 15 is 0 Å². The van der Waals surface area contributed by atoms with E-state index in [2.05, 4.69) is 56.3 Å². The van der Waals surface area contributed by atoms with Crippen LogP contribution in [-0.4, -0.2) is 0 Å². The van der Waals surface area contributed by atoms with Crippen LogP contribution in [-0.2, 0) is 6.42 Å². The summed E-state index contributed by atoms with van der Waals surface area (Å²) in [4.78, 5) is 0. The Hall–Kier alpha value is -1.30. The molecule has 0 saturated heterocycles. The van der Waals surface area contributed by atoms with E-state index < -0.39 is 0 Å². The largest absolute Gasteiger partial charge is 0.0879 e. The Morgan fingerprint density at radius 2 is 2.00 bits per heavy atom. The number of unbranched alkanes of at least 4 members (excludes halogenated alkanes) is 2. The Morgan fingerprint density at radius 3 is 2.68 bits per heavy atom. The quantitative estimate of drug-likeness (QED) is 0.445. The van der Waals surface area contributed by atoms with Crippen molar-refractivity contribution in [3.8, 4) is 0 Å². The van der Waals surface area contributed by atoms with Gasteiger partial charge in [-0.1, -0.05) is 69.2 Å². The van der Waals surface area contributed by atoms with Crippen molar-refractivity contribution in [2.24, 2.45) is 5.92 Å². The molecular weight excluding hydrogens is 228 g/mol. The molecule has 0 amide bonds. The van der Waals surface area contributed by atoms with E-state index in [1.54, 1.807) is 5.57 Å². The first-order chi connectivity index (χ1) is 9.35. The van der Waals surface area contributed by atoms with Crippen LogP contribution in [0.2, 0.25) is 0 Å². The average Bonchev–Trinajstić information content (AvgIpc) is 2.97. The fraction of sp³-hybridized carbons (Fsp3) is 0.474. The number of hydrogen-bond acceptors (Lipinski definition) is 0. The summed E-state index contributed by atoms with van der Waals surface area (Å²) in [5, 5.41) is 0. The third-order valence-electron chi connectivity index (χ3n) is 4.04. The number of allylic oxidation sites excluding steroid dienone is 4. The topological polar surface area (TPSA) is 0 Å². The van der Waals surface area contributed by atoms with Crippen LogP contribution >= 0.6 is 0 Å². The van der Waals surface area contributed by atoms with Gasteiger partial charge in [-0.3, -0.25) is 0 Å². The lowest BCUT2D eigenvalue weighted by atomic mass is 9.88. The Labute approximate surface area is 118 Å². The Morgan fingerprint density at radius 1 is 1.21 bits per heavy atom. The van der Waals surface area contributed by atoms with E-state index in [1.165, 1.54) is 43.2 Å². The maximum atomic E-state index is 2.50. The smallest absolute Gasteiger partial charge is 0.00901 e. The molecule has 0 aromatic heterocycles. The minimum atomic E-state index is 0.712. The van der Waals surface area contributed by atoms with Crippen LogP contribution in [0.4, 0.5) is 0 Å². The first-order valence-electron chi connectivity index (χ1n) is 7.79. The molecule has 0 atom stereocenters. The van der Waals surface area contributed by atoms with Crippen LogP contribution < -0.4 is 0 Å². The molecule has 0 bridgehead atoms. The molecule has 0 N–H and O–H groups in total. The second-order valence-corrected chi connectivity index (χ2v) is 5.50. The van der Waals surface area contributed by atoms with Gasteiger partial charge in [0.2, 0.25) is 0 Å². The van der Waals surface area contributed by atoms with Crippen molar-refractivity contribution in [2.75, 3.05) is 0 Å². The fourth-order valence-corrected chi connectivity index (χ4v) is 2.82. The van der Waals surface area contributed by atoms with E-state index in [-0.39, 0.29) is 0 Å². The predicted molar refractivity (Wildman–Crippen MR) is 85.2 cm³/mol. The van der Waals surface area contributed by atoms with Gasteiger partial charge in [0, 0.05) is 0 Å². The van der Waals surface area contributed by atoms with E-state index in [0.717, 1.165) is 6.42 Å². The molecule has 0 saturated carbocycles. The third-order valence-corrected chi connectivity index (χ3v) is 4.04. The van der Waals surface area contributed by atoms with Gasteiger partial charge >= 0.3 is 0 Å². The van der Waals surface area contributed by atoms with Crippen LogP contribution in [0, 0.1) is 5.92 Å². The van der Waals surface area contributed by atoms with E-state index in [1.807, 2.05) is 0 Å². The molecular formula is C19H26. The zero-order chi connectivity index (χ0) is 13.5. The van der Waals surface area contributed by atoms with Crippen molar-refractivity contribution in [1.82, 2.24) is 0 Å². The monoisotopic (exact) mass is 254 g/mol. The predicted octanol–water partition coefficient (Wildman–Crippen LogP) is 5.79. The third kappa shape index (κ3) is 3.83. The van der Waals surface area contributed by atoms with Crippen LogP contribution in [0.3, 0.4) is 0 Å².